The van der Waals surface area contributed by atoms with Crippen molar-refractivity contribution < 1.29 is 99.1 Å². The molecule has 4 aliphatic heterocycles. The summed E-state index contributed by atoms with van der Waals surface area (Å²) < 4.78 is 24.8. The molecule has 94 heavy (non-hydrogen) atoms. The lowest BCUT2D eigenvalue weighted by Crippen LogP contribution is -2.64. The first kappa shape index (κ1) is 79.0. The molecule has 14 unspecified atom stereocenters. The smallest absolute Gasteiger partial charge is 0.308 e. The standard InChI is InChI=1S/C69H105N5O20/c1-44-19-17-15-13-11-9-7-8-10-12-14-16-18-20-56(92-68-65(88)63(64(87)46(3)91-68)71-60(85)43-72(5)6)40-59-62(67(89)74-29-27-73(28-30-74)31-32-75)58(84)42-69(90,94-59)41-55(82)37-53(80)35-51(78)33-50(77)34-52(79)36-54(81)39-61(86)93-66(44)45(2)21-26-49(76)38-57(83)47-22-24-48(70-4)25-23-47/h7-20,22-25,44-46,49-51,53-56,58-59,62-66,68,70,75-78,80-82,84,87-88,90H,21,26-43H2,1-6H3,(H,71,85)/b8-7-,11-9-,12-10+,15-13+,16-14+,19-17+,20-18+/t44?,45?,46-,49?,50?,51?,53?,54?,55?,56?,58?,59?,62?,63+,64-,65+,66?,68+,69?/m1/s1. The minimum Gasteiger partial charge on any atom is -0.461 e. The number of ether oxygens (including phenoxy) is 4. The summed E-state index contributed by atoms with van der Waals surface area (Å²) >= 11 is 0. The molecule has 19 atom stereocenters. The average Bonchev–Trinajstić information content (AvgIpc) is 0.783. The van der Waals surface area contributed by atoms with Gasteiger partial charge in [0.2, 0.25) is 11.8 Å². The van der Waals surface area contributed by atoms with Crippen LogP contribution in [0.25, 0.3) is 0 Å². The third-order valence-corrected chi connectivity index (χ3v) is 17.2. The number of likely N-dealkylation sites (N-methyl/N-ethyl adjacent to an activating group) is 1. The van der Waals surface area contributed by atoms with E-state index in [-0.39, 0.29) is 63.1 Å². The van der Waals surface area contributed by atoms with Crippen molar-refractivity contribution in [1.82, 2.24) is 20.0 Å². The fraction of sp³-hybridized carbons (Fsp3) is 0.638. The maximum absolute atomic E-state index is 14.6. The number of aliphatic hydroxyl groups is 11. The van der Waals surface area contributed by atoms with Gasteiger partial charge in [-0.05, 0) is 83.3 Å². The Hall–Kier alpha value is -5.69. The Morgan fingerprint density at radius 2 is 1.30 bits per heavy atom. The molecule has 3 fully saturated rings. The van der Waals surface area contributed by atoms with Gasteiger partial charge >= 0.3 is 5.97 Å². The fourth-order valence-electron chi connectivity index (χ4n) is 12.3. The number of carbonyl (C=O) groups is 5. The van der Waals surface area contributed by atoms with E-state index in [9.17, 15) is 80.1 Å². The molecule has 0 aromatic heterocycles. The van der Waals surface area contributed by atoms with E-state index in [1.165, 1.54) is 6.92 Å². The summed E-state index contributed by atoms with van der Waals surface area (Å²) in [5.74, 6) is -7.02. The summed E-state index contributed by atoms with van der Waals surface area (Å²) in [5.41, 5.74) is 1.30. The molecular formula is C69H105N5O20. The number of hydrogen-bond donors (Lipinski definition) is 13. The van der Waals surface area contributed by atoms with E-state index in [2.05, 4.69) is 10.6 Å². The van der Waals surface area contributed by atoms with E-state index in [1.807, 2.05) is 24.8 Å². The van der Waals surface area contributed by atoms with Gasteiger partial charge in [0.05, 0.1) is 92.6 Å². The van der Waals surface area contributed by atoms with Crippen molar-refractivity contribution in [3.63, 3.8) is 0 Å². The van der Waals surface area contributed by atoms with Crippen LogP contribution in [-0.4, -0.2) is 265 Å². The van der Waals surface area contributed by atoms with Crippen LogP contribution in [-0.2, 0) is 38.1 Å². The van der Waals surface area contributed by atoms with E-state index < -0.39 is 178 Å². The van der Waals surface area contributed by atoms with Gasteiger partial charge in [-0.25, -0.2) is 0 Å². The number of hydrogen-bond acceptors (Lipinski definition) is 23. The van der Waals surface area contributed by atoms with Crippen LogP contribution in [0.3, 0.4) is 0 Å². The Morgan fingerprint density at radius 1 is 0.723 bits per heavy atom. The highest BCUT2D eigenvalue weighted by Crippen LogP contribution is 2.39. The molecule has 526 valence electrons. The number of carbonyl (C=O) groups excluding carboxylic acids is 5. The van der Waals surface area contributed by atoms with Crippen LogP contribution in [0, 0.1) is 17.8 Å². The summed E-state index contributed by atoms with van der Waals surface area (Å²) in [6.07, 6.45) is 2.01. The highest BCUT2D eigenvalue weighted by molar-refractivity contribution is 5.96. The molecule has 4 aliphatic rings. The third-order valence-electron chi connectivity index (χ3n) is 17.2. The highest BCUT2D eigenvalue weighted by atomic mass is 16.7. The largest absolute Gasteiger partial charge is 0.461 e. The van der Waals surface area contributed by atoms with Crippen LogP contribution < -0.4 is 10.6 Å². The Labute approximate surface area is 552 Å². The number of amides is 2. The average molecular weight is 1320 g/mol. The van der Waals surface area contributed by atoms with Crippen molar-refractivity contribution >= 4 is 35.0 Å². The molecule has 0 saturated carbocycles. The molecule has 5 rings (SSSR count). The van der Waals surface area contributed by atoms with Gasteiger partial charge in [-0.15, -0.1) is 0 Å². The number of benzene rings is 1. The molecule has 0 radical (unpaired) electrons. The molecule has 1 aromatic rings. The van der Waals surface area contributed by atoms with Crippen LogP contribution in [0.2, 0.25) is 0 Å². The van der Waals surface area contributed by atoms with Crippen LogP contribution in [0.15, 0.2) is 109 Å². The van der Waals surface area contributed by atoms with E-state index in [4.69, 9.17) is 18.9 Å². The number of rotatable bonds is 16. The van der Waals surface area contributed by atoms with Crippen molar-refractivity contribution in [2.45, 2.75) is 195 Å². The summed E-state index contributed by atoms with van der Waals surface area (Å²) in [4.78, 5) is 72.2. The Bertz CT molecular complexity index is 2720. The maximum Gasteiger partial charge on any atom is 0.308 e. The van der Waals surface area contributed by atoms with Crippen molar-refractivity contribution in [3.05, 3.63) is 115 Å². The number of piperazine rings is 1. The van der Waals surface area contributed by atoms with E-state index >= 15 is 0 Å². The summed E-state index contributed by atoms with van der Waals surface area (Å²) in [6, 6.07) is 5.66. The lowest BCUT2D eigenvalue weighted by atomic mass is 9.81. The minimum atomic E-state index is -2.34. The lowest BCUT2D eigenvalue weighted by Gasteiger charge is -2.47. The van der Waals surface area contributed by atoms with Crippen LogP contribution >= 0.6 is 0 Å². The number of nitrogens with one attached hydrogen (secondary N) is 2. The van der Waals surface area contributed by atoms with Crippen LogP contribution in [0.4, 0.5) is 5.69 Å². The maximum atomic E-state index is 14.6. The fourth-order valence-corrected chi connectivity index (χ4v) is 12.3. The minimum absolute atomic E-state index is 0.0573. The predicted octanol–water partition coefficient (Wildman–Crippen LogP) is 1.52. The third kappa shape index (κ3) is 27.1. The number of anilines is 1. The Kier molecular flexibility index (Phi) is 33.7. The van der Waals surface area contributed by atoms with Gasteiger partial charge < -0.3 is 95.6 Å². The van der Waals surface area contributed by atoms with Crippen molar-refractivity contribution in [2.24, 2.45) is 17.8 Å². The molecule has 0 spiro atoms. The van der Waals surface area contributed by atoms with Gasteiger partial charge in [-0.3, -0.25) is 28.9 Å². The number of esters is 1. The van der Waals surface area contributed by atoms with E-state index in [0.717, 1.165) is 5.69 Å². The molecule has 3 saturated heterocycles. The number of aliphatic hydroxyl groups excluding tert-OH is 10. The van der Waals surface area contributed by atoms with Crippen molar-refractivity contribution in [1.29, 1.82) is 0 Å². The summed E-state index contributed by atoms with van der Waals surface area (Å²) in [6.45, 7) is 6.84. The molecule has 4 heterocycles. The molecule has 25 heteroatoms. The zero-order valence-electron chi connectivity index (χ0n) is 55.2. The van der Waals surface area contributed by atoms with Crippen molar-refractivity contribution in [3.8, 4) is 0 Å². The number of allylic oxidation sites excluding steroid dienone is 12. The summed E-state index contributed by atoms with van der Waals surface area (Å²) in [5, 5.41) is 128. The number of cyclic esters (lactones) is 1. The molecule has 0 aliphatic carbocycles. The van der Waals surface area contributed by atoms with Gasteiger partial charge in [0.15, 0.2) is 17.9 Å². The Morgan fingerprint density at radius 3 is 1.89 bits per heavy atom. The number of ketones is 2. The summed E-state index contributed by atoms with van der Waals surface area (Å²) in [7, 11) is 5.12. The zero-order valence-corrected chi connectivity index (χ0v) is 55.2. The second-order valence-electron chi connectivity index (χ2n) is 25.7. The van der Waals surface area contributed by atoms with Gasteiger partial charge in [0, 0.05) is 95.5 Å². The first-order valence-electron chi connectivity index (χ1n) is 32.8. The number of β-amino-alcohol motifs (C(OH)–C–C–N with tert-alkyl or cyclic N) is 1. The monoisotopic (exact) mass is 1320 g/mol. The second-order valence-corrected chi connectivity index (χ2v) is 25.7. The van der Waals surface area contributed by atoms with Crippen LogP contribution in [0.1, 0.15) is 108 Å². The van der Waals surface area contributed by atoms with Gasteiger partial charge in [-0.2, -0.15) is 0 Å². The van der Waals surface area contributed by atoms with E-state index in [1.54, 1.807) is 134 Å². The molecule has 2 bridgehead atoms. The van der Waals surface area contributed by atoms with E-state index in [0.29, 0.717) is 31.6 Å². The topological polar surface area (TPSA) is 379 Å². The number of fused-ring (bicyclic) bond motifs is 2. The van der Waals surface area contributed by atoms with Gasteiger partial charge in [0.1, 0.15) is 24.1 Å². The second kappa shape index (κ2) is 40.1. The molecule has 25 nitrogen and oxygen atoms in total. The quantitative estimate of drug-likeness (QED) is 0.0824. The molecule has 1 aromatic carbocycles. The molecule has 13 N–H and O–H groups in total. The Balaban J connectivity index is 1.40. The molecule has 2 amide bonds. The van der Waals surface area contributed by atoms with Crippen molar-refractivity contribution in [2.75, 3.05) is 72.3 Å². The number of Topliss-reactive ketones (excluding diaryl/α,β-unsaturated/α-hetero) is 2. The molecular weight excluding hydrogens is 1220 g/mol. The number of nitrogens with zero attached hydrogens (tertiary/aromatic N) is 3. The highest BCUT2D eigenvalue weighted by Gasteiger charge is 2.52. The zero-order chi connectivity index (χ0) is 69.1. The lowest BCUT2D eigenvalue weighted by molar-refractivity contribution is -0.308. The van der Waals surface area contributed by atoms with Gasteiger partial charge in [0.25, 0.3) is 0 Å². The van der Waals surface area contributed by atoms with Crippen LogP contribution in [0.5, 0.6) is 0 Å². The SMILES string of the molecule is CNc1ccc(C(=O)CC(O)CCC(C)C2OC(=O)CC(O)CC(=O)CC(O)CC(O)CC(O)CC(O)CC3(O)CC(O)C(C(=O)N4CCN(CCO)CC4)C(CC(O[C@@H]4O[C@H](C)[C@@H](O)[C@H](NC(=O)CN(C)C)[C@@H]4O)/C=C/C=C/C=C/C=C\C=C/C=C/C=C/C2C)O3)cc1. The first-order valence-corrected chi connectivity index (χ1v) is 32.8. The normalized spacial score (nSPS) is 35.4. The predicted molar refractivity (Wildman–Crippen MR) is 350 cm³/mol. The first-order chi connectivity index (χ1) is 44.7. The van der Waals surface area contributed by atoms with Gasteiger partial charge in [-0.1, -0.05) is 98.9 Å².